The lowest BCUT2D eigenvalue weighted by atomic mass is 10.2. The van der Waals surface area contributed by atoms with Gasteiger partial charge in [-0.2, -0.15) is 0 Å². The Morgan fingerprint density at radius 1 is 1.07 bits per heavy atom. The molecule has 0 atom stereocenters. The van der Waals surface area contributed by atoms with Crippen LogP contribution in [-0.4, -0.2) is 97.7 Å². The Balaban J connectivity index is 1.34. The second-order valence-corrected chi connectivity index (χ2v) is 10.1. The molecule has 3 aromatic rings. The van der Waals surface area contributed by atoms with Crippen LogP contribution in [-0.2, 0) is 9.53 Å². The van der Waals surface area contributed by atoms with Gasteiger partial charge in [0.25, 0.3) is 0 Å². The molecule has 0 radical (unpaired) electrons. The van der Waals surface area contributed by atoms with Gasteiger partial charge < -0.3 is 24.8 Å². The summed E-state index contributed by atoms with van der Waals surface area (Å²) in [4.78, 5) is 34.2. The van der Waals surface area contributed by atoms with Crippen LogP contribution in [0.5, 0.6) is 0 Å². The van der Waals surface area contributed by atoms with Crippen LogP contribution >= 0.6 is 0 Å². The summed E-state index contributed by atoms with van der Waals surface area (Å²) in [6.07, 6.45) is 4.64. The Kier molecular flexibility index (Phi) is 9.91. The molecular formula is C30H40N8O2. The molecule has 4 rings (SSSR count). The van der Waals surface area contributed by atoms with Crippen LogP contribution in [0.25, 0.3) is 11.3 Å². The molecule has 1 aliphatic rings. The fourth-order valence-corrected chi connectivity index (χ4v) is 4.51. The van der Waals surface area contributed by atoms with E-state index in [1.54, 1.807) is 6.20 Å². The van der Waals surface area contributed by atoms with Crippen LogP contribution in [0.2, 0.25) is 0 Å². The normalized spacial score (nSPS) is 13.6. The fraction of sp³-hybridized carbons (Fsp3) is 0.400. The number of piperazine rings is 1. The summed E-state index contributed by atoms with van der Waals surface area (Å²) < 4.78 is 4.79. The first-order valence-corrected chi connectivity index (χ1v) is 13.6. The maximum atomic E-state index is 11.6. The minimum absolute atomic E-state index is 0.195. The van der Waals surface area contributed by atoms with Crippen molar-refractivity contribution in [2.45, 2.75) is 13.3 Å². The zero-order valence-electron chi connectivity index (χ0n) is 24.0. The Hall–Kier alpha value is -4.18. The predicted octanol–water partition coefficient (Wildman–Crippen LogP) is 3.87. The van der Waals surface area contributed by atoms with Gasteiger partial charge in [-0.15, -0.1) is 0 Å². The number of methoxy groups -OCH3 is 1. The lowest BCUT2D eigenvalue weighted by Gasteiger charge is -2.35. The predicted molar refractivity (Wildman–Crippen MR) is 161 cm³/mol. The van der Waals surface area contributed by atoms with Crippen LogP contribution in [0.3, 0.4) is 0 Å². The topological polar surface area (TPSA) is 90.0 Å². The van der Waals surface area contributed by atoms with Gasteiger partial charge in [0.1, 0.15) is 5.82 Å². The number of carbonyl (C=O) groups is 1. The van der Waals surface area contributed by atoms with Gasteiger partial charge in [-0.3, -0.25) is 9.69 Å². The third-order valence-electron chi connectivity index (χ3n) is 7.15. The number of carbonyl (C=O) groups excluding carboxylic acids is 1. The van der Waals surface area contributed by atoms with Crippen molar-refractivity contribution >= 4 is 29.1 Å². The first-order valence-electron chi connectivity index (χ1n) is 13.6. The lowest BCUT2D eigenvalue weighted by Crippen LogP contribution is -2.48. The van der Waals surface area contributed by atoms with Gasteiger partial charge in [-0.05, 0) is 49.7 Å². The number of esters is 1. The van der Waals surface area contributed by atoms with Gasteiger partial charge in [0, 0.05) is 88.4 Å². The van der Waals surface area contributed by atoms with Crippen molar-refractivity contribution < 1.29 is 9.53 Å². The third kappa shape index (κ3) is 7.92. The zero-order chi connectivity index (χ0) is 28.5. The van der Waals surface area contributed by atoms with Gasteiger partial charge in [0.15, 0.2) is 0 Å². The van der Waals surface area contributed by atoms with E-state index in [2.05, 4.69) is 67.7 Å². The molecular weight excluding hydrogens is 504 g/mol. The minimum atomic E-state index is -0.195. The van der Waals surface area contributed by atoms with E-state index in [4.69, 9.17) is 9.72 Å². The summed E-state index contributed by atoms with van der Waals surface area (Å²) in [7, 11) is 5.55. The van der Waals surface area contributed by atoms with E-state index >= 15 is 0 Å². The number of allylic oxidation sites excluding steroid dienone is 1. The molecule has 0 spiro atoms. The van der Waals surface area contributed by atoms with Crippen LogP contribution in [0.15, 0.2) is 67.1 Å². The van der Waals surface area contributed by atoms with E-state index < -0.39 is 0 Å². The molecule has 10 heteroatoms. The van der Waals surface area contributed by atoms with E-state index in [-0.39, 0.29) is 5.97 Å². The molecule has 0 saturated carbocycles. The number of ether oxygens (including phenoxy) is 1. The van der Waals surface area contributed by atoms with Crippen molar-refractivity contribution in [3.8, 4) is 11.3 Å². The summed E-state index contributed by atoms with van der Waals surface area (Å²) in [5.41, 5.74) is 4.85. The Morgan fingerprint density at radius 3 is 2.58 bits per heavy atom. The number of nitrogens with zero attached hydrogens (tertiary/aromatic N) is 7. The molecule has 0 unspecified atom stereocenters. The number of hydrogen-bond acceptors (Lipinski definition) is 10. The zero-order valence-corrected chi connectivity index (χ0v) is 24.0. The van der Waals surface area contributed by atoms with Crippen molar-refractivity contribution in [2.24, 2.45) is 0 Å². The first-order chi connectivity index (χ1) is 19.3. The Morgan fingerprint density at radius 2 is 1.88 bits per heavy atom. The van der Waals surface area contributed by atoms with E-state index in [0.717, 1.165) is 79.8 Å². The van der Waals surface area contributed by atoms with E-state index in [1.165, 1.54) is 7.11 Å². The van der Waals surface area contributed by atoms with Crippen LogP contribution < -0.4 is 15.1 Å². The van der Waals surface area contributed by atoms with Gasteiger partial charge >= 0.3 is 5.97 Å². The van der Waals surface area contributed by atoms with Crippen molar-refractivity contribution in [3.05, 3.63) is 67.1 Å². The van der Waals surface area contributed by atoms with Crippen molar-refractivity contribution in [3.63, 3.8) is 0 Å². The number of hydrogen-bond donors (Lipinski definition) is 1. The molecule has 1 saturated heterocycles. The molecule has 1 N–H and O–H groups in total. The maximum Gasteiger partial charge on any atom is 0.319 e. The SMILES string of the molecule is C=C(C)N(C)CCCN(C)c1ccc(-c2ccnc(Nc3cccc(N4CCN(CC(=O)OC)CC4)c3)n2)cn1. The standard InChI is InChI=1S/C30H40N8O2/c1-23(2)35(3)14-7-15-36(4)28-11-10-24(21-32-28)27-12-13-31-30(34-27)33-25-8-6-9-26(20-25)38-18-16-37(17-19-38)22-29(39)40-5/h6,8-13,20-21H,1,7,14-19,22H2,2-5H3,(H,31,33,34). The van der Waals surface area contributed by atoms with Crippen molar-refractivity contribution in [2.75, 3.05) is 82.1 Å². The molecule has 1 fully saturated rings. The van der Waals surface area contributed by atoms with Gasteiger partial charge in [0.2, 0.25) is 5.95 Å². The Labute approximate surface area is 237 Å². The number of nitrogens with one attached hydrogen (secondary N) is 1. The lowest BCUT2D eigenvalue weighted by molar-refractivity contribution is -0.142. The summed E-state index contributed by atoms with van der Waals surface area (Å²) in [6.45, 7) is 11.5. The van der Waals surface area contributed by atoms with E-state index in [1.807, 2.05) is 43.5 Å². The number of aromatic nitrogens is 3. The molecule has 10 nitrogen and oxygen atoms in total. The molecule has 0 aliphatic carbocycles. The van der Waals surface area contributed by atoms with E-state index in [9.17, 15) is 4.79 Å². The number of pyridine rings is 1. The summed E-state index contributed by atoms with van der Waals surface area (Å²) in [5.74, 6) is 1.26. The highest BCUT2D eigenvalue weighted by atomic mass is 16.5. The van der Waals surface area contributed by atoms with Crippen molar-refractivity contribution in [1.29, 1.82) is 0 Å². The average Bonchev–Trinajstić information content (AvgIpc) is 2.97. The smallest absolute Gasteiger partial charge is 0.319 e. The highest BCUT2D eigenvalue weighted by Gasteiger charge is 2.19. The highest BCUT2D eigenvalue weighted by molar-refractivity contribution is 5.71. The van der Waals surface area contributed by atoms with Gasteiger partial charge in [0.05, 0.1) is 19.3 Å². The van der Waals surface area contributed by atoms with Gasteiger partial charge in [-0.25, -0.2) is 15.0 Å². The second kappa shape index (κ2) is 13.7. The second-order valence-electron chi connectivity index (χ2n) is 10.1. The number of rotatable bonds is 12. The average molecular weight is 545 g/mol. The summed E-state index contributed by atoms with van der Waals surface area (Å²) in [5, 5.41) is 3.35. The van der Waals surface area contributed by atoms with Crippen LogP contribution in [0.4, 0.5) is 23.1 Å². The molecule has 1 aliphatic heterocycles. The van der Waals surface area contributed by atoms with Gasteiger partial charge in [-0.1, -0.05) is 12.6 Å². The molecule has 40 heavy (non-hydrogen) atoms. The molecule has 0 amide bonds. The Bertz CT molecular complexity index is 1270. The molecule has 2 aromatic heterocycles. The largest absolute Gasteiger partial charge is 0.468 e. The number of benzene rings is 1. The highest BCUT2D eigenvalue weighted by Crippen LogP contribution is 2.24. The fourth-order valence-electron chi connectivity index (χ4n) is 4.51. The molecule has 3 heterocycles. The molecule has 212 valence electrons. The monoisotopic (exact) mass is 544 g/mol. The first kappa shape index (κ1) is 28.8. The van der Waals surface area contributed by atoms with Crippen LogP contribution in [0.1, 0.15) is 13.3 Å². The van der Waals surface area contributed by atoms with Crippen LogP contribution in [0, 0.1) is 0 Å². The third-order valence-corrected chi connectivity index (χ3v) is 7.15. The summed E-state index contributed by atoms with van der Waals surface area (Å²) >= 11 is 0. The van der Waals surface area contributed by atoms with Crippen molar-refractivity contribution in [1.82, 2.24) is 24.8 Å². The molecule has 1 aromatic carbocycles. The number of anilines is 4. The minimum Gasteiger partial charge on any atom is -0.468 e. The molecule has 0 bridgehead atoms. The quantitative estimate of drug-likeness (QED) is 0.339. The summed E-state index contributed by atoms with van der Waals surface area (Å²) in [6, 6.07) is 14.2. The van der Waals surface area contributed by atoms with E-state index in [0.29, 0.717) is 12.5 Å². The maximum absolute atomic E-state index is 11.6.